The highest BCUT2D eigenvalue weighted by atomic mass is 16.5. The molecule has 1 aromatic heterocycles. The summed E-state index contributed by atoms with van der Waals surface area (Å²) in [5.74, 6) is 2.22. The lowest BCUT2D eigenvalue weighted by Crippen LogP contribution is -2.33. The highest BCUT2D eigenvalue weighted by molar-refractivity contribution is 5.38. The van der Waals surface area contributed by atoms with Crippen molar-refractivity contribution in [2.24, 2.45) is 5.92 Å². The van der Waals surface area contributed by atoms with E-state index in [-0.39, 0.29) is 0 Å². The summed E-state index contributed by atoms with van der Waals surface area (Å²) in [5.41, 5.74) is 0. The number of piperidine rings is 1. The second-order valence-corrected chi connectivity index (χ2v) is 5.43. The van der Waals surface area contributed by atoms with Crippen LogP contribution >= 0.6 is 0 Å². The Kier molecular flexibility index (Phi) is 4.13. The van der Waals surface area contributed by atoms with Gasteiger partial charge in [-0.3, -0.25) is 4.98 Å². The van der Waals surface area contributed by atoms with Gasteiger partial charge in [-0.1, -0.05) is 0 Å². The lowest BCUT2D eigenvalue weighted by Gasteiger charge is -2.22. The minimum atomic E-state index is 0.603. The molecule has 0 bridgehead atoms. The zero-order valence-electron chi connectivity index (χ0n) is 11.3. The van der Waals surface area contributed by atoms with Gasteiger partial charge >= 0.3 is 0 Å². The van der Waals surface area contributed by atoms with Gasteiger partial charge in [-0.15, -0.1) is 0 Å². The van der Waals surface area contributed by atoms with Crippen LogP contribution in [0.15, 0.2) is 12.4 Å². The fraction of sp³-hybridized carbons (Fsp3) is 0.714. The van der Waals surface area contributed by atoms with Gasteiger partial charge in [0.25, 0.3) is 0 Å². The van der Waals surface area contributed by atoms with Crippen molar-refractivity contribution in [2.75, 3.05) is 37.7 Å². The summed E-state index contributed by atoms with van der Waals surface area (Å²) in [6.07, 6.45) is 8.54. The normalized spacial score (nSPS) is 23.6. The lowest BCUT2D eigenvalue weighted by molar-refractivity contribution is 0.211. The van der Waals surface area contributed by atoms with Gasteiger partial charge in [-0.25, -0.2) is 0 Å². The molecule has 2 saturated heterocycles. The topological polar surface area (TPSA) is 50.3 Å². The van der Waals surface area contributed by atoms with Crippen LogP contribution in [0.2, 0.25) is 0 Å². The standard InChI is InChI=1S/C14H22N4O/c1-2-7-18(6-1)13-9-16-10-14(17-13)19-11-12-4-3-5-15-8-12/h9-10,12,15H,1-8,11H2. The first-order chi connectivity index (χ1) is 9.42. The average Bonchev–Trinajstić information content (AvgIpc) is 3.01. The van der Waals surface area contributed by atoms with Gasteiger partial charge in [0, 0.05) is 25.6 Å². The SMILES string of the molecule is c1ncc(N2CCCC2)nc1OCC1CCCNC1. The van der Waals surface area contributed by atoms with Gasteiger partial charge in [-0.2, -0.15) is 4.98 Å². The van der Waals surface area contributed by atoms with Crippen molar-refractivity contribution in [1.29, 1.82) is 0 Å². The monoisotopic (exact) mass is 262 g/mol. The van der Waals surface area contributed by atoms with E-state index < -0.39 is 0 Å². The van der Waals surface area contributed by atoms with Crippen LogP contribution in [-0.2, 0) is 0 Å². The van der Waals surface area contributed by atoms with E-state index in [0.29, 0.717) is 11.8 Å². The van der Waals surface area contributed by atoms with Gasteiger partial charge in [0.1, 0.15) is 0 Å². The van der Waals surface area contributed by atoms with E-state index in [2.05, 4.69) is 20.2 Å². The molecule has 3 rings (SSSR count). The van der Waals surface area contributed by atoms with Crippen LogP contribution in [0.5, 0.6) is 5.88 Å². The molecule has 1 aromatic rings. The summed E-state index contributed by atoms with van der Waals surface area (Å²) in [6.45, 7) is 5.11. The highest BCUT2D eigenvalue weighted by Gasteiger charge is 2.16. The zero-order chi connectivity index (χ0) is 12.9. The van der Waals surface area contributed by atoms with Crippen molar-refractivity contribution in [2.45, 2.75) is 25.7 Å². The molecular weight excluding hydrogens is 240 g/mol. The molecule has 19 heavy (non-hydrogen) atoms. The molecule has 5 nitrogen and oxygen atoms in total. The minimum absolute atomic E-state index is 0.603. The number of nitrogens with one attached hydrogen (secondary N) is 1. The number of aromatic nitrogens is 2. The maximum Gasteiger partial charge on any atom is 0.234 e. The predicted octanol–water partition coefficient (Wildman–Crippen LogP) is 1.46. The maximum atomic E-state index is 5.81. The zero-order valence-corrected chi connectivity index (χ0v) is 11.3. The predicted molar refractivity (Wildman–Crippen MR) is 74.6 cm³/mol. The summed E-state index contributed by atoms with van der Waals surface area (Å²) < 4.78 is 5.81. The van der Waals surface area contributed by atoms with Crippen LogP contribution < -0.4 is 15.0 Å². The van der Waals surface area contributed by atoms with E-state index >= 15 is 0 Å². The summed E-state index contributed by atoms with van der Waals surface area (Å²) in [4.78, 5) is 11.1. The van der Waals surface area contributed by atoms with Gasteiger partial charge < -0.3 is 15.0 Å². The number of nitrogens with zero attached hydrogens (tertiary/aromatic N) is 3. The number of ether oxygens (including phenoxy) is 1. The summed E-state index contributed by atoms with van der Waals surface area (Å²) in [6, 6.07) is 0. The Labute approximate surface area is 114 Å². The molecule has 0 spiro atoms. The van der Waals surface area contributed by atoms with Crippen LogP contribution in [0.4, 0.5) is 5.82 Å². The van der Waals surface area contributed by atoms with Crippen LogP contribution in [0.25, 0.3) is 0 Å². The molecule has 0 aromatic carbocycles. The highest BCUT2D eigenvalue weighted by Crippen LogP contribution is 2.19. The van der Waals surface area contributed by atoms with Gasteiger partial charge in [0.2, 0.25) is 5.88 Å². The molecule has 3 heterocycles. The Bertz CT molecular complexity index is 400. The first-order valence-corrected chi connectivity index (χ1v) is 7.32. The fourth-order valence-electron chi connectivity index (χ4n) is 2.78. The number of anilines is 1. The number of rotatable bonds is 4. The third kappa shape index (κ3) is 3.35. The van der Waals surface area contributed by atoms with E-state index in [9.17, 15) is 0 Å². The first-order valence-electron chi connectivity index (χ1n) is 7.32. The second-order valence-electron chi connectivity index (χ2n) is 5.43. The molecule has 1 N–H and O–H groups in total. The Morgan fingerprint density at radius 1 is 1.26 bits per heavy atom. The molecule has 1 unspecified atom stereocenters. The number of hydrogen-bond acceptors (Lipinski definition) is 5. The van der Waals surface area contributed by atoms with Crippen molar-refractivity contribution in [3.63, 3.8) is 0 Å². The van der Waals surface area contributed by atoms with Crippen molar-refractivity contribution in [3.05, 3.63) is 12.4 Å². The molecule has 2 aliphatic rings. The molecule has 5 heteroatoms. The van der Waals surface area contributed by atoms with Crippen molar-refractivity contribution in [3.8, 4) is 5.88 Å². The van der Waals surface area contributed by atoms with Gasteiger partial charge in [0.15, 0.2) is 5.82 Å². The van der Waals surface area contributed by atoms with Crippen molar-refractivity contribution >= 4 is 5.82 Å². The largest absolute Gasteiger partial charge is 0.476 e. The third-order valence-electron chi connectivity index (χ3n) is 3.90. The molecule has 0 saturated carbocycles. The fourth-order valence-corrected chi connectivity index (χ4v) is 2.78. The van der Waals surface area contributed by atoms with Crippen LogP contribution in [0, 0.1) is 5.92 Å². The number of hydrogen-bond donors (Lipinski definition) is 1. The van der Waals surface area contributed by atoms with E-state index in [1.165, 1.54) is 25.7 Å². The first kappa shape index (κ1) is 12.7. The molecular formula is C14H22N4O. The third-order valence-corrected chi connectivity index (χ3v) is 3.90. The smallest absolute Gasteiger partial charge is 0.234 e. The summed E-state index contributed by atoms with van der Waals surface area (Å²) in [7, 11) is 0. The molecule has 0 radical (unpaired) electrons. The van der Waals surface area contributed by atoms with E-state index in [1.54, 1.807) is 6.20 Å². The maximum absolute atomic E-state index is 5.81. The van der Waals surface area contributed by atoms with Gasteiger partial charge in [0.05, 0.1) is 19.0 Å². The van der Waals surface area contributed by atoms with Gasteiger partial charge in [-0.05, 0) is 32.2 Å². The second kappa shape index (κ2) is 6.19. The molecule has 2 aliphatic heterocycles. The molecule has 1 atom stereocenters. The minimum Gasteiger partial charge on any atom is -0.476 e. The van der Waals surface area contributed by atoms with E-state index in [4.69, 9.17) is 4.74 Å². The van der Waals surface area contributed by atoms with Crippen molar-refractivity contribution in [1.82, 2.24) is 15.3 Å². The Hall–Kier alpha value is -1.36. The summed E-state index contributed by atoms with van der Waals surface area (Å²) >= 11 is 0. The average molecular weight is 262 g/mol. The molecule has 2 fully saturated rings. The molecule has 0 amide bonds. The van der Waals surface area contributed by atoms with E-state index in [1.807, 2.05) is 6.20 Å². The van der Waals surface area contributed by atoms with E-state index in [0.717, 1.165) is 38.6 Å². The molecule has 0 aliphatic carbocycles. The van der Waals surface area contributed by atoms with Crippen LogP contribution in [0.1, 0.15) is 25.7 Å². The van der Waals surface area contributed by atoms with Crippen LogP contribution in [0.3, 0.4) is 0 Å². The quantitative estimate of drug-likeness (QED) is 0.890. The van der Waals surface area contributed by atoms with Crippen molar-refractivity contribution < 1.29 is 4.74 Å². The Morgan fingerprint density at radius 3 is 2.95 bits per heavy atom. The Balaban J connectivity index is 1.56. The van der Waals surface area contributed by atoms with Crippen LogP contribution in [-0.4, -0.2) is 42.8 Å². The lowest BCUT2D eigenvalue weighted by atomic mass is 10.0. The Morgan fingerprint density at radius 2 is 2.16 bits per heavy atom. The summed E-state index contributed by atoms with van der Waals surface area (Å²) in [5, 5.41) is 3.40. The molecule has 104 valence electrons.